The Morgan fingerprint density at radius 2 is 1.79 bits per heavy atom. The minimum Gasteiger partial charge on any atom is -0.355 e. The van der Waals surface area contributed by atoms with Crippen LogP contribution in [0.4, 0.5) is 5.69 Å². The van der Waals surface area contributed by atoms with E-state index in [-0.39, 0.29) is 12.5 Å². The van der Waals surface area contributed by atoms with E-state index in [9.17, 15) is 13.2 Å². The van der Waals surface area contributed by atoms with Gasteiger partial charge in [-0.1, -0.05) is 30.3 Å². The normalized spacial score (nSPS) is 11.2. The van der Waals surface area contributed by atoms with Crippen LogP contribution in [0.5, 0.6) is 0 Å². The van der Waals surface area contributed by atoms with Crippen molar-refractivity contribution in [1.82, 2.24) is 5.32 Å². The van der Waals surface area contributed by atoms with E-state index < -0.39 is 10.0 Å². The van der Waals surface area contributed by atoms with Gasteiger partial charge in [0.15, 0.2) is 0 Å². The van der Waals surface area contributed by atoms with Crippen LogP contribution in [-0.4, -0.2) is 39.4 Å². The van der Waals surface area contributed by atoms with Crippen molar-refractivity contribution in [3.05, 3.63) is 59.7 Å². The number of thioether (sulfide) groups is 1. The second-order valence-electron chi connectivity index (χ2n) is 6.67. The predicted molar refractivity (Wildman–Crippen MR) is 118 cm³/mol. The number of sulfonamides is 1. The maximum Gasteiger partial charge on any atom is 0.232 e. The van der Waals surface area contributed by atoms with E-state index in [4.69, 9.17) is 0 Å². The van der Waals surface area contributed by atoms with Crippen LogP contribution >= 0.6 is 11.8 Å². The lowest BCUT2D eigenvalue weighted by Crippen LogP contribution is -2.33. The lowest BCUT2D eigenvalue weighted by molar-refractivity contribution is -0.121. The zero-order valence-corrected chi connectivity index (χ0v) is 18.3. The van der Waals surface area contributed by atoms with Gasteiger partial charge in [0.25, 0.3) is 0 Å². The fourth-order valence-corrected chi connectivity index (χ4v) is 4.62. The summed E-state index contributed by atoms with van der Waals surface area (Å²) >= 11 is 1.69. The Bertz CT molecular complexity index is 884. The van der Waals surface area contributed by atoms with Crippen molar-refractivity contribution in [2.24, 2.45) is 0 Å². The van der Waals surface area contributed by atoms with Crippen LogP contribution in [0.1, 0.15) is 24.0 Å². The molecule has 0 radical (unpaired) electrons. The number of nitrogens with one attached hydrogen (secondary N) is 1. The lowest BCUT2D eigenvalue weighted by atomic mass is 10.1. The second kappa shape index (κ2) is 10.5. The molecule has 152 valence electrons. The third-order valence-corrected chi connectivity index (χ3v) is 6.64. The first kappa shape index (κ1) is 22.3. The van der Waals surface area contributed by atoms with E-state index in [1.165, 1.54) is 15.5 Å². The molecule has 0 saturated carbocycles. The van der Waals surface area contributed by atoms with Crippen molar-refractivity contribution in [1.29, 1.82) is 0 Å². The van der Waals surface area contributed by atoms with Gasteiger partial charge in [-0.3, -0.25) is 9.10 Å². The molecule has 2 aromatic carbocycles. The maximum absolute atomic E-state index is 12.2. The van der Waals surface area contributed by atoms with Crippen LogP contribution in [0.25, 0.3) is 0 Å². The van der Waals surface area contributed by atoms with Gasteiger partial charge < -0.3 is 5.32 Å². The zero-order chi connectivity index (χ0) is 20.6. The van der Waals surface area contributed by atoms with E-state index >= 15 is 0 Å². The molecule has 28 heavy (non-hydrogen) atoms. The van der Waals surface area contributed by atoms with Crippen molar-refractivity contribution >= 4 is 33.4 Å². The summed E-state index contributed by atoms with van der Waals surface area (Å²) in [7, 11) is -3.41. The van der Waals surface area contributed by atoms with Gasteiger partial charge >= 0.3 is 0 Å². The third-order valence-electron chi connectivity index (χ3n) is 4.45. The second-order valence-corrected chi connectivity index (χ2v) is 9.74. The molecule has 0 saturated heterocycles. The molecule has 2 aromatic rings. The summed E-state index contributed by atoms with van der Waals surface area (Å²) in [5, 5.41) is 2.90. The standard InChI is InChI=1S/C21H28N2O3S2/c1-17-9-7-12-20(18(17)2)23(28(3,25)26)15-8-13-21(24)22-14-16-27-19-10-5-4-6-11-19/h4-7,9-12H,8,13-16H2,1-3H3,(H,22,24). The molecule has 0 atom stereocenters. The van der Waals surface area contributed by atoms with Gasteiger partial charge in [-0.2, -0.15) is 0 Å². The molecule has 0 aromatic heterocycles. The third kappa shape index (κ3) is 6.87. The quantitative estimate of drug-likeness (QED) is 0.469. The summed E-state index contributed by atoms with van der Waals surface area (Å²) in [6.07, 6.45) is 1.97. The number of anilines is 1. The van der Waals surface area contributed by atoms with Crippen molar-refractivity contribution in [3.63, 3.8) is 0 Å². The predicted octanol–water partition coefficient (Wildman–Crippen LogP) is 3.76. The number of hydrogen-bond donors (Lipinski definition) is 1. The van der Waals surface area contributed by atoms with E-state index in [0.29, 0.717) is 25.1 Å². The maximum atomic E-state index is 12.2. The highest BCUT2D eigenvalue weighted by molar-refractivity contribution is 7.99. The van der Waals surface area contributed by atoms with Crippen LogP contribution in [0.2, 0.25) is 0 Å². The number of nitrogens with zero attached hydrogens (tertiary/aromatic N) is 1. The molecule has 5 nitrogen and oxygen atoms in total. The molecule has 0 fully saturated rings. The summed E-state index contributed by atoms with van der Waals surface area (Å²) < 4.78 is 25.9. The number of carbonyl (C=O) groups is 1. The first-order valence-electron chi connectivity index (χ1n) is 9.27. The Morgan fingerprint density at radius 3 is 2.46 bits per heavy atom. The Kier molecular flexibility index (Phi) is 8.38. The minimum absolute atomic E-state index is 0.0527. The molecule has 2 rings (SSSR count). The van der Waals surface area contributed by atoms with Crippen molar-refractivity contribution in [2.45, 2.75) is 31.6 Å². The molecule has 7 heteroatoms. The van der Waals surface area contributed by atoms with Crippen molar-refractivity contribution in [3.8, 4) is 0 Å². The van der Waals surface area contributed by atoms with E-state index in [1.807, 2.05) is 62.4 Å². The van der Waals surface area contributed by atoms with Crippen LogP contribution in [0.15, 0.2) is 53.4 Å². The monoisotopic (exact) mass is 420 g/mol. The van der Waals surface area contributed by atoms with Crippen molar-refractivity contribution in [2.75, 3.05) is 29.4 Å². The molecule has 0 bridgehead atoms. The van der Waals surface area contributed by atoms with Gasteiger partial charge in [-0.05, 0) is 49.6 Å². The van der Waals surface area contributed by atoms with Crippen molar-refractivity contribution < 1.29 is 13.2 Å². The Balaban J connectivity index is 1.80. The number of benzene rings is 2. The molecular formula is C21H28N2O3S2. The largest absolute Gasteiger partial charge is 0.355 e. The lowest BCUT2D eigenvalue weighted by Gasteiger charge is -2.24. The fourth-order valence-electron chi connectivity index (χ4n) is 2.82. The van der Waals surface area contributed by atoms with Gasteiger partial charge in [-0.25, -0.2) is 8.42 Å². The number of hydrogen-bond acceptors (Lipinski definition) is 4. The highest BCUT2D eigenvalue weighted by Crippen LogP contribution is 2.25. The molecule has 1 N–H and O–H groups in total. The fraction of sp³-hybridized carbons (Fsp3) is 0.381. The Morgan fingerprint density at radius 1 is 1.07 bits per heavy atom. The topological polar surface area (TPSA) is 66.5 Å². The average molecular weight is 421 g/mol. The molecule has 1 amide bonds. The number of rotatable bonds is 10. The first-order valence-corrected chi connectivity index (χ1v) is 12.1. The Labute approximate surface area is 172 Å². The summed E-state index contributed by atoms with van der Waals surface area (Å²) in [5.74, 6) is 0.747. The summed E-state index contributed by atoms with van der Waals surface area (Å²) in [6.45, 7) is 4.75. The SMILES string of the molecule is Cc1cccc(N(CCCC(=O)NCCSc2ccccc2)S(C)(=O)=O)c1C. The molecule has 0 heterocycles. The number of carbonyl (C=O) groups excluding carboxylic acids is 1. The summed E-state index contributed by atoms with van der Waals surface area (Å²) in [6, 6.07) is 15.7. The van der Waals surface area contributed by atoms with E-state index in [2.05, 4.69) is 5.32 Å². The zero-order valence-electron chi connectivity index (χ0n) is 16.6. The van der Waals surface area contributed by atoms with Gasteiger partial charge in [0.05, 0.1) is 11.9 Å². The minimum atomic E-state index is -3.41. The molecule has 0 spiro atoms. The van der Waals surface area contributed by atoms with Gasteiger partial charge in [0, 0.05) is 30.2 Å². The van der Waals surface area contributed by atoms with Gasteiger partial charge in [0.2, 0.25) is 15.9 Å². The van der Waals surface area contributed by atoms with Crippen LogP contribution in [0, 0.1) is 13.8 Å². The Hall–Kier alpha value is -1.99. The molecule has 0 aliphatic rings. The summed E-state index contributed by atoms with van der Waals surface area (Å²) in [5.41, 5.74) is 2.66. The number of amides is 1. The first-order chi connectivity index (χ1) is 13.3. The van der Waals surface area contributed by atoms with Crippen LogP contribution in [-0.2, 0) is 14.8 Å². The average Bonchev–Trinajstić information content (AvgIpc) is 2.65. The van der Waals surface area contributed by atoms with Gasteiger partial charge in [0.1, 0.15) is 0 Å². The van der Waals surface area contributed by atoms with Crippen LogP contribution in [0.3, 0.4) is 0 Å². The van der Waals surface area contributed by atoms with E-state index in [1.54, 1.807) is 11.8 Å². The molecular weight excluding hydrogens is 392 g/mol. The highest BCUT2D eigenvalue weighted by atomic mass is 32.2. The highest BCUT2D eigenvalue weighted by Gasteiger charge is 2.19. The molecule has 0 unspecified atom stereocenters. The van der Waals surface area contributed by atoms with Gasteiger partial charge in [-0.15, -0.1) is 11.8 Å². The number of aryl methyl sites for hydroxylation is 1. The molecule has 0 aliphatic carbocycles. The van der Waals surface area contributed by atoms with Crippen LogP contribution < -0.4 is 9.62 Å². The molecule has 0 aliphatic heterocycles. The van der Waals surface area contributed by atoms with E-state index in [0.717, 1.165) is 16.9 Å². The smallest absolute Gasteiger partial charge is 0.232 e. The summed E-state index contributed by atoms with van der Waals surface area (Å²) in [4.78, 5) is 13.2.